The molecule has 2 aliphatic carbocycles. The van der Waals surface area contributed by atoms with Gasteiger partial charge in [-0.1, -0.05) is 24.6 Å². The fraction of sp³-hybridized carbons (Fsp3) is 0.560. The molecule has 0 N–H and O–H groups in total. The molecule has 2 heteroatoms. The van der Waals surface area contributed by atoms with Crippen molar-refractivity contribution in [2.45, 2.75) is 64.7 Å². The normalized spacial score (nSPS) is 28.0. The molecule has 4 aliphatic rings. The first-order chi connectivity index (χ1) is 13.3. The van der Waals surface area contributed by atoms with Crippen LogP contribution in [0.4, 0.5) is 0 Å². The van der Waals surface area contributed by atoms with E-state index in [-0.39, 0.29) is 0 Å². The first kappa shape index (κ1) is 18.4. The lowest BCUT2D eigenvalue weighted by Gasteiger charge is -2.24. The van der Waals surface area contributed by atoms with Gasteiger partial charge in [0.05, 0.1) is 5.70 Å². The third-order valence-electron chi connectivity index (χ3n) is 6.49. The SMILES string of the molecule is CC[C@H](CC1C=C=C(CC2C=NC3=C2CCC=C3)C=NC1)C1=CCCCC1. The molecule has 142 valence electrons. The zero-order valence-corrected chi connectivity index (χ0v) is 16.7. The highest BCUT2D eigenvalue weighted by Crippen LogP contribution is 2.34. The van der Waals surface area contributed by atoms with Gasteiger partial charge in [0.2, 0.25) is 0 Å². The summed E-state index contributed by atoms with van der Waals surface area (Å²) in [7, 11) is 0. The lowest BCUT2D eigenvalue weighted by atomic mass is 9.82. The molecular weight excluding hydrogens is 328 g/mol. The number of rotatable bonds is 6. The smallest absolute Gasteiger partial charge is 0.0621 e. The number of hydrogen-bond acceptors (Lipinski definition) is 2. The zero-order chi connectivity index (χ0) is 18.5. The Morgan fingerprint density at radius 1 is 1.22 bits per heavy atom. The number of aliphatic imine (C=N–C) groups is 2. The summed E-state index contributed by atoms with van der Waals surface area (Å²) in [4.78, 5) is 9.37. The van der Waals surface area contributed by atoms with Crippen molar-refractivity contribution in [3.63, 3.8) is 0 Å². The Morgan fingerprint density at radius 3 is 3.04 bits per heavy atom. The minimum Gasteiger partial charge on any atom is -0.292 e. The Bertz CT molecular complexity index is 768. The summed E-state index contributed by atoms with van der Waals surface area (Å²) in [6.45, 7) is 3.25. The molecule has 0 aromatic heterocycles. The van der Waals surface area contributed by atoms with Gasteiger partial charge in [-0.3, -0.25) is 9.98 Å². The molecule has 2 heterocycles. The lowest BCUT2D eigenvalue weighted by molar-refractivity contribution is 0.439. The Hall–Kier alpha value is -1.92. The first-order valence-corrected chi connectivity index (χ1v) is 10.9. The van der Waals surface area contributed by atoms with E-state index < -0.39 is 0 Å². The molecule has 2 nitrogen and oxygen atoms in total. The van der Waals surface area contributed by atoms with Crippen molar-refractivity contribution < 1.29 is 0 Å². The number of hydrogen-bond donors (Lipinski definition) is 0. The van der Waals surface area contributed by atoms with E-state index in [0.717, 1.165) is 31.7 Å². The van der Waals surface area contributed by atoms with Crippen LogP contribution in [0.15, 0.2) is 62.4 Å². The molecule has 2 aliphatic heterocycles. The molecule has 27 heavy (non-hydrogen) atoms. The molecule has 0 bridgehead atoms. The highest BCUT2D eigenvalue weighted by atomic mass is 14.8. The largest absolute Gasteiger partial charge is 0.292 e. The van der Waals surface area contributed by atoms with E-state index in [9.17, 15) is 0 Å². The summed E-state index contributed by atoms with van der Waals surface area (Å²) in [6.07, 6.45) is 24.6. The average molecular weight is 361 g/mol. The minimum atomic E-state index is 0.444. The summed E-state index contributed by atoms with van der Waals surface area (Å²) in [5.41, 5.74) is 9.27. The monoisotopic (exact) mass is 360 g/mol. The van der Waals surface area contributed by atoms with Crippen LogP contribution < -0.4 is 0 Å². The zero-order valence-electron chi connectivity index (χ0n) is 16.7. The predicted octanol–water partition coefficient (Wildman–Crippen LogP) is 6.38. The standard InChI is InChI=1S/C25H32N2/c1-2-21(22-8-4-3-5-9-22)14-19-12-13-20(17-26-16-19)15-23-18-27-25-11-7-6-10-24(23)25/h7-8,11-12,17-19,21,23H,2-6,9-10,14-16H2,1H3/t19?,21-,23?/m1/s1. The van der Waals surface area contributed by atoms with Gasteiger partial charge in [0, 0.05) is 36.4 Å². The van der Waals surface area contributed by atoms with E-state index in [1.165, 1.54) is 55.4 Å². The van der Waals surface area contributed by atoms with Gasteiger partial charge in [0.1, 0.15) is 0 Å². The van der Waals surface area contributed by atoms with Crippen LogP contribution in [-0.4, -0.2) is 19.0 Å². The highest BCUT2D eigenvalue weighted by molar-refractivity contribution is 5.81. The lowest BCUT2D eigenvalue weighted by Crippen LogP contribution is -2.13. The van der Waals surface area contributed by atoms with Crippen LogP contribution in [0.3, 0.4) is 0 Å². The Morgan fingerprint density at radius 2 is 2.19 bits per heavy atom. The summed E-state index contributed by atoms with van der Waals surface area (Å²) in [5.74, 6) is 1.70. The van der Waals surface area contributed by atoms with Gasteiger partial charge in [-0.15, -0.1) is 5.73 Å². The van der Waals surface area contributed by atoms with Crippen molar-refractivity contribution in [2.75, 3.05) is 6.54 Å². The van der Waals surface area contributed by atoms with Gasteiger partial charge in [-0.05, 0) is 81.4 Å². The minimum absolute atomic E-state index is 0.444. The van der Waals surface area contributed by atoms with Crippen molar-refractivity contribution in [1.29, 1.82) is 0 Å². The summed E-state index contributed by atoms with van der Waals surface area (Å²) < 4.78 is 0. The molecule has 0 radical (unpaired) electrons. The van der Waals surface area contributed by atoms with Crippen LogP contribution in [-0.2, 0) is 0 Å². The average Bonchev–Trinajstić information content (AvgIpc) is 2.99. The van der Waals surface area contributed by atoms with E-state index in [1.54, 1.807) is 5.57 Å². The van der Waals surface area contributed by atoms with Gasteiger partial charge in [-0.2, -0.15) is 0 Å². The second-order valence-corrected chi connectivity index (χ2v) is 8.40. The highest BCUT2D eigenvalue weighted by Gasteiger charge is 2.23. The van der Waals surface area contributed by atoms with E-state index in [4.69, 9.17) is 4.99 Å². The van der Waals surface area contributed by atoms with Crippen LogP contribution in [0.2, 0.25) is 0 Å². The molecule has 0 aromatic carbocycles. The summed E-state index contributed by atoms with van der Waals surface area (Å²) >= 11 is 0. The van der Waals surface area contributed by atoms with Gasteiger partial charge in [-0.25, -0.2) is 0 Å². The molecule has 0 fully saturated rings. The number of allylic oxidation sites excluding steroid dienone is 5. The van der Waals surface area contributed by atoms with Crippen LogP contribution in [0, 0.1) is 17.8 Å². The first-order valence-electron chi connectivity index (χ1n) is 10.9. The van der Waals surface area contributed by atoms with Crippen molar-refractivity contribution >= 4 is 12.4 Å². The second kappa shape index (κ2) is 8.85. The Labute approximate surface area is 164 Å². The second-order valence-electron chi connectivity index (χ2n) is 8.40. The molecule has 3 atom stereocenters. The van der Waals surface area contributed by atoms with Crippen LogP contribution in [0.25, 0.3) is 0 Å². The summed E-state index contributed by atoms with van der Waals surface area (Å²) in [6, 6.07) is 0. The molecule has 0 amide bonds. The maximum absolute atomic E-state index is 4.76. The molecule has 0 spiro atoms. The molecule has 0 aromatic rings. The fourth-order valence-electron chi connectivity index (χ4n) is 4.89. The molecule has 4 rings (SSSR count). The van der Waals surface area contributed by atoms with Crippen molar-refractivity contribution in [3.05, 3.63) is 52.5 Å². The fourth-order valence-corrected chi connectivity index (χ4v) is 4.89. The quantitative estimate of drug-likeness (QED) is 0.388. The van der Waals surface area contributed by atoms with E-state index in [1.807, 2.05) is 0 Å². The third kappa shape index (κ3) is 4.50. The Balaban J connectivity index is 1.41. The van der Waals surface area contributed by atoms with Gasteiger partial charge < -0.3 is 0 Å². The van der Waals surface area contributed by atoms with Crippen LogP contribution in [0.5, 0.6) is 0 Å². The van der Waals surface area contributed by atoms with E-state index in [2.05, 4.69) is 54.4 Å². The van der Waals surface area contributed by atoms with Crippen molar-refractivity contribution in [1.82, 2.24) is 0 Å². The van der Waals surface area contributed by atoms with Gasteiger partial charge in [0.15, 0.2) is 0 Å². The van der Waals surface area contributed by atoms with Crippen LogP contribution in [0.1, 0.15) is 64.7 Å². The molecule has 2 unspecified atom stereocenters. The third-order valence-corrected chi connectivity index (χ3v) is 6.49. The molecule has 0 saturated heterocycles. The van der Waals surface area contributed by atoms with Crippen molar-refractivity contribution in [3.8, 4) is 0 Å². The molecule has 0 saturated carbocycles. The van der Waals surface area contributed by atoms with Crippen molar-refractivity contribution in [2.24, 2.45) is 27.7 Å². The summed E-state index contributed by atoms with van der Waals surface area (Å²) in [5, 5.41) is 0. The molecular formula is C25H32N2. The maximum atomic E-state index is 4.76. The van der Waals surface area contributed by atoms with Crippen LogP contribution >= 0.6 is 0 Å². The maximum Gasteiger partial charge on any atom is 0.0621 e. The number of nitrogens with zero attached hydrogens (tertiary/aromatic N) is 2. The van der Waals surface area contributed by atoms with E-state index in [0.29, 0.717) is 11.8 Å². The van der Waals surface area contributed by atoms with E-state index >= 15 is 0 Å². The van der Waals surface area contributed by atoms with Gasteiger partial charge >= 0.3 is 0 Å². The topological polar surface area (TPSA) is 24.7 Å². The van der Waals surface area contributed by atoms with Gasteiger partial charge in [0.25, 0.3) is 0 Å². The Kier molecular flexibility index (Phi) is 6.04. The predicted molar refractivity (Wildman–Crippen MR) is 115 cm³/mol.